The van der Waals surface area contributed by atoms with Gasteiger partial charge in [-0.05, 0) is 141 Å². The second-order valence-corrected chi connectivity index (χ2v) is 14.4. The van der Waals surface area contributed by atoms with Crippen LogP contribution < -0.4 is 14.2 Å². The Morgan fingerprint density at radius 3 is 1.10 bits per heavy atom. The monoisotopic (exact) mass is 706 g/mol. The van der Waals surface area contributed by atoms with Crippen molar-refractivity contribution in [2.75, 3.05) is 0 Å². The zero-order valence-corrected chi connectivity index (χ0v) is 33.3. The third kappa shape index (κ3) is 11.3. The highest BCUT2D eigenvalue weighted by atomic mass is 16.5. The van der Waals surface area contributed by atoms with Gasteiger partial charge < -0.3 is 19.3 Å². The Morgan fingerprint density at radius 1 is 0.365 bits per heavy atom. The molecule has 4 aromatic rings. The summed E-state index contributed by atoms with van der Waals surface area (Å²) in [5, 5.41) is 11.6. The molecule has 0 aliphatic rings. The number of unbranched alkanes of at least 4 members (excludes halogenated alkanes) is 6. The molecule has 0 amide bonds. The van der Waals surface area contributed by atoms with E-state index in [0.717, 1.165) is 133 Å². The first-order valence-corrected chi connectivity index (χ1v) is 20.7. The van der Waals surface area contributed by atoms with E-state index in [9.17, 15) is 5.11 Å². The Kier molecular flexibility index (Phi) is 17.5. The number of phenols is 1. The number of rotatable bonds is 24. The van der Waals surface area contributed by atoms with E-state index < -0.39 is 0 Å². The highest BCUT2D eigenvalue weighted by molar-refractivity contribution is 5.63. The lowest BCUT2D eigenvalue weighted by Crippen LogP contribution is -2.03. The smallest absolute Gasteiger partial charge is 0.216 e. The van der Waals surface area contributed by atoms with Crippen molar-refractivity contribution in [2.45, 2.75) is 157 Å². The van der Waals surface area contributed by atoms with Crippen molar-refractivity contribution in [3.8, 4) is 40.2 Å². The molecule has 1 N–H and O–H groups in total. The fourth-order valence-electron chi connectivity index (χ4n) is 6.98. The molecule has 0 aliphatic heterocycles. The second-order valence-electron chi connectivity index (χ2n) is 14.4. The van der Waals surface area contributed by atoms with E-state index in [1.54, 1.807) is 6.07 Å². The van der Waals surface area contributed by atoms with Gasteiger partial charge in [-0.3, -0.25) is 0 Å². The van der Waals surface area contributed by atoms with Crippen LogP contribution in [-0.4, -0.2) is 5.11 Å². The van der Waals surface area contributed by atoms with E-state index in [1.807, 2.05) is 12.1 Å². The van der Waals surface area contributed by atoms with Gasteiger partial charge in [-0.25, -0.2) is 0 Å². The number of aromatic hydroxyl groups is 1. The van der Waals surface area contributed by atoms with Crippen LogP contribution in [0.25, 0.3) is 0 Å². The van der Waals surface area contributed by atoms with Gasteiger partial charge in [0.15, 0.2) is 11.5 Å². The number of hydrogen-bond acceptors (Lipinski definition) is 4. The molecule has 0 bridgehead atoms. The molecule has 4 nitrogen and oxygen atoms in total. The van der Waals surface area contributed by atoms with Crippen molar-refractivity contribution in [3.05, 3.63) is 100 Å². The predicted octanol–water partition coefficient (Wildman–Crippen LogP) is 14.8. The van der Waals surface area contributed by atoms with Crippen LogP contribution in [0.4, 0.5) is 0 Å². The highest BCUT2D eigenvalue weighted by Gasteiger charge is 2.24. The predicted molar refractivity (Wildman–Crippen MR) is 219 cm³/mol. The number of hydrogen-bond donors (Lipinski definition) is 1. The third-order valence-electron chi connectivity index (χ3n) is 10.1. The molecule has 52 heavy (non-hydrogen) atoms. The van der Waals surface area contributed by atoms with Crippen molar-refractivity contribution >= 4 is 0 Å². The molecule has 282 valence electrons. The minimum absolute atomic E-state index is 0.0305. The van der Waals surface area contributed by atoms with Gasteiger partial charge in [0.05, 0.1) is 0 Å². The highest BCUT2D eigenvalue weighted by Crippen LogP contribution is 2.51. The van der Waals surface area contributed by atoms with Gasteiger partial charge in [0.2, 0.25) is 11.5 Å². The second kappa shape index (κ2) is 22.2. The quantitative estimate of drug-likeness (QED) is 0.0788. The fraction of sp³-hybridized carbons (Fsp3) is 0.500. The summed E-state index contributed by atoms with van der Waals surface area (Å²) in [6.07, 6.45) is 19.2. The molecule has 4 rings (SSSR count). The van der Waals surface area contributed by atoms with Crippen LogP contribution in [0.15, 0.2) is 66.7 Å². The average Bonchev–Trinajstić information content (AvgIpc) is 3.16. The summed E-state index contributed by atoms with van der Waals surface area (Å²) in [5.74, 6) is 3.68. The molecular weight excluding hydrogens is 641 g/mol. The summed E-state index contributed by atoms with van der Waals surface area (Å²) in [6, 6.07) is 22.7. The normalized spacial score (nSPS) is 11.2. The minimum Gasteiger partial charge on any atom is -0.504 e. The van der Waals surface area contributed by atoms with Crippen molar-refractivity contribution in [3.63, 3.8) is 0 Å². The maximum Gasteiger partial charge on any atom is 0.216 e. The van der Waals surface area contributed by atoms with Crippen molar-refractivity contribution < 1.29 is 19.3 Å². The summed E-state index contributed by atoms with van der Waals surface area (Å²) >= 11 is 0. The van der Waals surface area contributed by atoms with E-state index in [0.29, 0.717) is 17.2 Å². The lowest BCUT2D eigenvalue weighted by atomic mass is 9.97. The van der Waals surface area contributed by atoms with Crippen molar-refractivity contribution in [1.82, 2.24) is 0 Å². The zero-order chi connectivity index (χ0) is 37.1. The molecule has 4 aromatic carbocycles. The summed E-state index contributed by atoms with van der Waals surface area (Å²) in [5.41, 5.74) is 7.69. The SMILES string of the molecule is CCCCc1cccc(Oc2ccc(O)c(Oc3cccc(CCCC)c3CCCC)c2Oc2cccc(CCCC)c2CCCC)c1CCCC. The molecule has 4 heteroatoms. The van der Waals surface area contributed by atoms with Crippen LogP contribution in [-0.2, 0) is 38.5 Å². The van der Waals surface area contributed by atoms with Crippen LogP contribution in [0.3, 0.4) is 0 Å². The zero-order valence-electron chi connectivity index (χ0n) is 33.3. The maximum atomic E-state index is 11.6. The van der Waals surface area contributed by atoms with E-state index in [4.69, 9.17) is 14.2 Å². The van der Waals surface area contributed by atoms with E-state index >= 15 is 0 Å². The van der Waals surface area contributed by atoms with Crippen molar-refractivity contribution in [2.24, 2.45) is 0 Å². The van der Waals surface area contributed by atoms with Gasteiger partial charge in [0.1, 0.15) is 17.2 Å². The molecule has 0 saturated carbocycles. The standard InChI is InChI=1S/C48H66O4/c1-7-13-22-36-25-19-31-43(39(36)28-16-10-4)50-46-35-34-42(49)47(51-44-32-20-26-37(23-14-8-2)40(44)29-17-11-5)48(46)52-45-33-21-27-38(24-15-9-3)41(45)30-18-12-6/h19-21,25-27,31-35,49H,7-18,22-24,28-30H2,1-6H3. The maximum absolute atomic E-state index is 11.6. The number of aryl methyl sites for hydroxylation is 3. The molecular formula is C48H66O4. The van der Waals surface area contributed by atoms with Gasteiger partial charge in [-0.1, -0.05) is 116 Å². The molecule has 0 spiro atoms. The Balaban J connectivity index is 1.91. The third-order valence-corrected chi connectivity index (χ3v) is 10.1. The topological polar surface area (TPSA) is 47.9 Å². The van der Waals surface area contributed by atoms with Crippen LogP contribution in [0.1, 0.15) is 152 Å². The lowest BCUT2D eigenvalue weighted by Gasteiger charge is -2.22. The van der Waals surface area contributed by atoms with Crippen LogP contribution in [0.2, 0.25) is 0 Å². The van der Waals surface area contributed by atoms with E-state index in [2.05, 4.69) is 90.1 Å². The minimum atomic E-state index is 0.0305. The van der Waals surface area contributed by atoms with Gasteiger partial charge in [0, 0.05) is 0 Å². The van der Waals surface area contributed by atoms with Crippen LogP contribution in [0, 0.1) is 0 Å². The summed E-state index contributed by atoms with van der Waals surface area (Å²) < 4.78 is 20.8. The van der Waals surface area contributed by atoms with E-state index in [1.165, 1.54) is 33.4 Å². The van der Waals surface area contributed by atoms with Crippen molar-refractivity contribution in [1.29, 1.82) is 0 Å². The molecule has 0 atom stereocenters. The Hall–Kier alpha value is -3.92. The molecule has 0 unspecified atom stereocenters. The molecule has 0 aliphatic carbocycles. The number of ether oxygens (including phenoxy) is 3. The van der Waals surface area contributed by atoms with E-state index in [-0.39, 0.29) is 5.75 Å². The van der Waals surface area contributed by atoms with Gasteiger partial charge in [-0.2, -0.15) is 0 Å². The molecule has 0 radical (unpaired) electrons. The lowest BCUT2D eigenvalue weighted by molar-refractivity contribution is 0.358. The Morgan fingerprint density at radius 2 is 0.712 bits per heavy atom. The molecule has 0 fully saturated rings. The molecule has 0 aromatic heterocycles. The average molecular weight is 707 g/mol. The number of phenolic OH excluding ortho intramolecular Hbond substituents is 1. The summed E-state index contributed by atoms with van der Waals surface area (Å²) in [7, 11) is 0. The Labute approximate surface area is 315 Å². The first-order chi connectivity index (χ1) is 25.5. The summed E-state index contributed by atoms with van der Waals surface area (Å²) in [4.78, 5) is 0. The summed E-state index contributed by atoms with van der Waals surface area (Å²) in [6.45, 7) is 13.4. The number of benzene rings is 4. The van der Waals surface area contributed by atoms with Crippen LogP contribution in [0.5, 0.6) is 40.2 Å². The fourth-order valence-corrected chi connectivity index (χ4v) is 6.98. The first-order valence-electron chi connectivity index (χ1n) is 20.7. The molecule has 0 heterocycles. The largest absolute Gasteiger partial charge is 0.504 e. The Bertz CT molecular complexity index is 1650. The van der Waals surface area contributed by atoms with Gasteiger partial charge in [-0.15, -0.1) is 0 Å². The van der Waals surface area contributed by atoms with Gasteiger partial charge in [0.25, 0.3) is 0 Å². The van der Waals surface area contributed by atoms with Gasteiger partial charge >= 0.3 is 0 Å². The van der Waals surface area contributed by atoms with Crippen LogP contribution >= 0.6 is 0 Å². The molecule has 0 saturated heterocycles. The first kappa shape index (κ1) is 40.8.